The Balaban J connectivity index is 2.11. The van der Waals surface area contributed by atoms with E-state index >= 15 is 0 Å². The minimum Gasteiger partial charge on any atom is -0.484 e. The molecule has 1 heterocycles. The van der Waals surface area contributed by atoms with Gasteiger partial charge in [0, 0.05) is 25.0 Å². The molecule has 0 aliphatic rings. The van der Waals surface area contributed by atoms with Gasteiger partial charge in [-0.25, -0.2) is 4.39 Å². The van der Waals surface area contributed by atoms with Crippen LogP contribution in [0.5, 0.6) is 5.75 Å². The number of halogens is 1. The number of benzene rings is 1. The third-order valence-electron chi connectivity index (χ3n) is 2.46. The van der Waals surface area contributed by atoms with E-state index in [1.54, 1.807) is 10.7 Å². The molecule has 0 atom stereocenters. The van der Waals surface area contributed by atoms with Crippen LogP contribution >= 0.6 is 0 Å². The van der Waals surface area contributed by atoms with Gasteiger partial charge >= 0.3 is 0 Å². The lowest BCUT2D eigenvalue weighted by Crippen LogP contribution is -2.01. The Kier molecular flexibility index (Phi) is 2.99. The van der Waals surface area contributed by atoms with Crippen molar-refractivity contribution in [2.24, 2.45) is 7.05 Å². The van der Waals surface area contributed by atoms with Crippen LogP contribution in [0.1, 0.15) is 11.3 Å². The first-order valence-corrected chi connectivity index (χ1v) is 5.23. The van der Waals surface area contributed by atoms with Crippen LogP contribution in [0.15, 0.2) is 24.4 Å². The third-order valence-corrected chi connectivity index (χ3v) is 2.46. The van der Waals surface area contributed by atoms with Crippen LogP contribution in [0.3, 0.4) is 0 Å². The van der Waals surface area contributed by atoms with Crippen molar-refractivity contribution in [1.82, 2.24) is 9.78 Å². The summed E-state index contributed by atoms with van der Waals surface area (Å²) in [5.41, 5.74) is 7.56. The number of rotatable bonds is 3. The molecule has 0 radical (unpaired) electrons. The number of ether oxygens (including phenoxy) is 1. The lowest BCUT2D eigenvalue weighted by molar-refractivity contribution is 0.284. The summed E-state index contributed by atoms with van der Waals surface area (Å²) in [6, 6.07) is 4.68. The normalized spacial score (nSPS) is 10.5. The number of nitrogen functional groups attached to an aromatic ring is 1. The highest BCUT2D eigenvalue weighted by Gasteiger charge is 2.07. The van der Waals surface area contributed by atoms with Crippen LogP contribution in [0.2, 0.25) is 0 Å². The lowest BCUT2D eigenvalue weighted by Gasteiger charge is -2.08. The van der Waals surface area contributed by atoms with Gasteiger partial charge in [0.15, 0.2) is 11.6 Å². The quantitative estimate of drug-likeness (QED) is 0.828. The Morgan fingerprint density at radius 1 is 1.47 bits per heavy atom. The van der Waals surface area contributed by atoms with Crippen molar-refractivity contribution >= 4 is 5.69 Å². The van der Waals surface area contributed by atoms with E-state index in [0.29, 0.717) is 5.69 Å². The van der Waals surface area contributed by atoms with Crippen molar-refractivity contribution in [3.05, 3.63) is 41.5 Å². The second-order valence-corrected chi connectivity index (χ2v) is 3.91. The molecule has 0 amide bonds. The molecule has 1 aromatic heterocycles. The second kappa shape index (κ2) is 4.45. The van der Waals surface area contributed by atoms with Gasteiger partial charge in [-0.2, -0.15) is 5.10 Å². The zero-order valence-corrected chi connectivity index (χ0v) is 9.77. The van der Waals surface area contributed by atoms with Crippen molar-refractivity contribution < 1.29 is 9.13 Å². The van der Waals surface area contributed by atoms with Crippen molar-refractivity contribution in [3.8, 4) is 5.75 Å². The Bertz CT molecular complexity index is 537. The van der Waals surface area contributed by atoms with Crippen molar-refractivity contribution in [2.45, 2.75) is 13.5 Å². The maximum atomic E-state index is 13.5. The number of aromatic nitrogens is 2. The molecule has 0 aliphatic carbocycles. The first-order chi connectivity index (χ1) is 8.06. The highest BCUT2D eigenvalue weighted by atomic mass is 19.1. The van der Waals surface area contributed by atoms with E-state index in [0.717, 1.165) is 11.3 Å². The van der Waals surface area contributed by atoms with Gasteiger partial charge in [0.05, 0.1) is 5.69 Å². The Morgan fingerprint density at radius 3 is 2.88 bits per heavy atom. The maximum absolute atomic E-state index is 13.5. The fourth-order valence-electron chi connectivity index (χ4n) is 1.47. The van der Waals surface area contributed by atoms with E-state index in [9.17, 15) is 4.39 Å². The molecular weight excluding hydrogens is 221 g/mol. The number of anilines is 1. The van der Waals surface area contributed by atoms with Gasteiger partial charge in [0.2, 0.25) is 0 Å². The number of hydrogen-bond donors (Lipinski definition) is 1. The van der Waals surface area contributed by atoms with E-state index in [1.807, 2.05) is 26.2 Å². The molecule has 17 heavy (non-hydrogen) atoms. The van der Waals surface area contributed by atoms with Crippen molar-refractivity contribution in [2.75, 3.05) is 5.73 Å². The summed E-state index contributed by atoms with van der Waals surface area (Å²) in [7, 11) is 1.82. The number of aryl methyl sites for hydroxylation is 2. The van der Waals surface area contributed by atoms with Crippen LogP contribution in [-0.4, -0.2) is 9.78 Å². The highest BCUT2D eigenvalue weighted by molar-refractivity contribution is 5.50. The predicted octanol–water partition coefficient (Wildman–Crippen LogP) is 2.03. The molecule has 90 valence electrons. The van der Waals surface area contributed by atoms with E-state index in [4.69, 9.17) is 10.5 Å². The molecule has 1 aromatic carbocycles. The Labute approximate surface area is 98.8 Å². The molecule has 2 rings (SSSR count). The minimum atomic E-state index is -0.455. The summed E-state index contributed by atoms with van der Waals surface area (Å²) in [5, 5.41) is 4.14. The lowest BCUT2D eigenvalue weighted by atomic mass is 10.2. The summed E-state index contributed by atoms with van der Waals surface area (Å²) in [5.74, 6) is -0.258. The Morgan fingerprint density at radius 2 is 2.24 bits per heavy atom. The fourth-order valence-corrected chi connectivity index (χ4v) is 1.47. The highest BCUT2D eigenvalue weighted by Crippen LogP contribution is 2.24. The van der Waals surface area contributed by atoms with Crippen molar-refractivity contribution in [1.29, 1.82) is 0 Å². The summed E-state index contributed by atoms with van der Waals surface area (Å²) in [4.78, 5) is 0. The fraction of sp³-hybridized carbons (Fsp3) is 0.250. The SMILES string of the molecule is Cc1cc(OCc2ccn(C)n2)c(F)cc1N. The van der Waals surface area contributed by atoms with Gasteiger partial charge in [-0.15, -0.1) is 0 Å². The number of nitrogens with two attached hydrogens (primary N) is 1. The second-order valence-electron chi connectivity index (χ2n) is 3.91. The molecule has 2 aromatic rings. The summed E-state index contributed by atoms with van der Waals surface area (Å²) in [6.07, 6.45) is 1.81. The van der Waals surface area contributed by atoms with Crippen LogP contribution in [0.4, 0.5) is 10.1 Å². The largest absolute Gasteiger partial charge is 0.484 e. The smallest absolute Gasteiger partial charge is 0.167 e. The van der Waals surface area contributed by atoms with Gasteiger partial charge in [-0.1, -0.05) is 0 Å². The molecular formula is C12H14FN3O. The average Bonchev–Trinajstić information content (AvgIpc) is 2.68. The molecule has 4 nitrogen and oxygen atoms in total. The first-order valence-electron chi connectivity index (χ1n) is 5.23. The van der Waals surface area contributed by atoms with Crippen LogP contribution < -0.4 is 10.5 Å². The number of nitrogens with zero attached hydrogens (tertiary/aromatic N) is 2. The molecule has 0 unspecified atom stereocenters. The zero-order chi connectivity index (χ0) is 12.4. The van der Waals surface area contributed by atoms with Gasteiger partial charge in [-0.05, 0) is 24.6 Å². The predicted molar refractivity (Wildman–Crippen MR) is 63.1 cm³/mol. The van der Waals surface area contributed by atoms with E-state index in [1.165, 1.54) is 6.07 Å². The van der Waals surface area contributed by atoms with Crippen LogP contribution in [0, 0.1) is 12.7 Å². The molecule has 0 fully saturated rings. The van der Waals surface area contributed by atoms with E-state index in [2.05, 4.69) is 5.10 Å². The van der Waals surface area contributed by atoms with Crippen LogP contribution in [-0.2, 0) is 13.7 Å². The summed E-state index contributed by atoms with van der Waals surface area (Å²) in [6.45, 7) is 2.05. The van der Waals surface area contributed by atoms with Gasteiger partial charge in [-0.3, -0.25) is 4.68 Å². The third kappa shape index (κ3) is 2.55. The minimum absolute atomic E-state index is 0.197. The van der Waals surface area contributed by atoms with Gasteiger partial charge < -0.3 is 10.5 Å². The van der Waals surface area contributed by atoms with Gasteiger partial charge in [0.1, 0.15) is 6.61 Å². The topological polar surface area (TPSA) is 53.1 Å². The molecule has 0 saturated heterocycles. The van der Waals surface area contributed by atoms with Crippen molar-refractivity contribution in [3.63, 3.8) is 0 Å². The molecule has 0 aliphatic heterocycles. The summed E-state index contributed by atoms with van der Waals surface area (Å²) >= 11 is 0. The first kappa shape index (κ1) is 11.4. The Hall–Kier alpha value is -2.04. The van der Waals surface area contributed by atoms with Gasteiger partial charge in [0.25, 0.3) is 0 Å². The zero-order valence-electron chi connectivity index (χ0n) is 9.77. The number of hydrogen-bond acceptors (Lipinski definition) is 3. The molecule has 0 saturated carbocycles. The molecule has 5 heteroatoms. The standard InChI is InChI=1S/C12H14FN3O/c1-8-5-12(10(13)6-11(8)14)17-7-9-3-4-16(2)15-9/h3-6H,7,14H2,1-2H3. The van der Waals surface area contributed by atoms with E-state index < -0.39 is 5.82 Å². The average molecular weight is 235 g/mol. The molecule has 2 N–H and O–H groups in total. The summed E-state index contributed by atoms with van der Waals surface area (Å²) < 4.78 is 20.5. The van der Waals surface area contributed by atoms with Crippen LogP contribution in [0.25, 0.3) is 0 Å². The maximum Gasteiger partial charge on any atom is 0.167 e. The molecule has 0 bridgehead atoms. The molecule has 0 spiro atoms. The monoisotopic (exact) mass is 235 g/mol. The van der Waals surface area contributed by atoms with E-state index in [-0.39, 0.29) is 12.4 Å².